The number of aromatic nitrogens is 1. The average Bonchev–Trinajstić information content (AvgIpc) is 2.06. The molecule has 1 unspecified atom stereocenters. The fourth-order valence-corrected chi connectivity index (χ4v) is 0.832. The highest BCUT2D eigenvalue weighted by molar-refractivity contribution is 5.13. The van der Waals surface area contributed by atoms with Crippen LogP contribution in [0.4, 0.5) is 0 Å². The van der Waals surface area contributed by atoms with Crippen molar-refractivity contribution in [2.75, 3.05) is 0 Å². The van der Waals surface area contributed by atoms with Crippen molar-refractivity contribution in [3.05, 3.63) is 30.1 Å². The van der Waals surface area contributed by atoms with E-state index in [0.29, 0.717) is 6.42 Å². The van der Waals surface area contributed by atoms with Crippen LogP contribution in [-0.2, 0) is 6.42 Å². The molecule has 0 saturated heterocycles. The van der Waals surface area contributed by atoms with Crippen LogP contribution in [0.3, 0.4) is 0 Å². The van der Waals surface area contributed by atoms with E-state index in [9.17, 15) is 0 Å². The molecule has 0 saturated carbocycles. The Balaban J connectivity index is 2.60. The topological polar surface area (TPSA) is 38.9 Å². The lowest BCUT2D eigenvalue weighted by atomic mass is 10.1. The van der Waals surface area contributed by atoms with Gasteiger partial charge in [0.2, 0.25) is 0 Å². The van der Waals surface area contributed by atoms with E-state index < -0.39 is 0 Å². The van der Waals surface area contributed by atoms with Crippen molar-refractivity contribution in [1.82, 2.24) is 4.98 Å². The molecule has 0 aliphatic carbocycles. The molecule has 1 rings (SSSR count). The van der Waals surface area contributed by atoms with E-state index in [2.05, 4.69) is 10.9 Å². The largest absolute Gasteiger partial charge is 0.317 e. The summed E-state index contributed by atoms with van der Waals surface area (Å²) in [5.41, 5.74) is 6.62. The average molecular weight is 146 g/mol. The molecular weight excluding hydrogens is 136 g/mol. The van der Waals surface area contributed by atoms with Gasteiger partial charge in [0.1, 0.15) is 0 Å². The van der Waals surface area contributed by atoms with Gasteiger partial charge in [0, 0.05) is 18.8 Å². The third-order valence-corrected chi connectivity index (χ3v) is 1.39. The van der Waals surface area contributed by atoms with E-state index in [4.69, 9.17) is 12.2 Å². The van der Waals surface area contributed by atoms with Gasteiger partial charge >= 0.3 is 0 Å². The first-order chi connectivity index (χ1) is 5.33. The molecule has 0 fully saturated rings. The van der Waals surface area contributed by atoms with Crippen molar-refractivity contribution in [3.63, 3.8) is 0 Å². The Hall–Kier alpha value is -1.33. The lowest BCUT2D eigenvalue weighted by Gasteiger charge is -2.01. The van der Waals surface area contributed by atoms with Gasteiger partial charge in [-0.25, -0.2) is 0 Å². The molecule has 1 aromatic heterocycles. The molecule has 0 aromatic carbocycles. The van der Waals surface area contributed by atoms with Crippen molar-refractivity contribution in [2.24, 2.45) is 5.73 Å². The first-order valence-corrected chi connectivity index (χ1v) is 3.43. The zero-order chi connectivity index (χ0) is 8.10. The lowest BCUT2D eigenvalue weighted by Crippen LogP contribution is -2.19. The summed E-state index contributed by atoms with van der Waals surface area (Å²) in [4.78, 5) is 3.95. The van der Waals surface area contributed by atoms with Crippen molar-refractivity contribution in [2.45, 2.75) is 12.5 Å². The van der Waals surface area contributed by atoms with Gasteiger partial charge in [-0.15, -0.1) is 6.42 Å². The second-order valence-corrected chi connectivity index (χ2v) is 2.34. The molecule has 1 aromatic rings. The predicted octanol–water partition coefficient (Wildman–Crippen LogP) is 0.585. The normalized spacial score (nSPS) is 12.0. The van der Waals surface area contributed by atoms with Crippen LogP contribution in [0.25, 0.3) is 0 Å². The summed E-state index contributed by atoms with van der Waals surface area (Å²) >= 11 is 0. The Bertz CT molecular complexity index is 248. The maximum atomic E-state index is 5.54. The van der Waals surface area contributed by atoms with Gasteiger partial charge in [-0.2, -0.15) is 0 Å². The van der Waals surface area contributed by atoms with Crippen LogP contribution in [-0.4, -0.2) is 11.0 Å². The van der Waals surface area contributed by atoms with Crippen LogP contribution >= 0.6 is 0 Å². The highest BCUT2D eigenvalue weighted by atomic mass is 14.6. The second-order valence-electron chi connectivity index (χ2n) is 2.34. The smallest absolute Gasteiger partial charge is 0.0703 e. The monoisotopic (exact) mass is 146 g/mol. The summed E-state index contributed by atoms with van der Waals surface area (Å²) in [5.74, 6) is 2.46. The highest BCUT2D eigenvalue weighted by Crippen LogP contribution is 1.98. The summed E-state index contributed by atoms with van der Waals surface area (Å²) in [6.07, 6.45) is 9.33. The number of hydrogen-bond acceptors (Lipinski definition) is 2. The first kappa shape index (κ1) is 7.77. The predicted molar refractivity (Wildman–Crippen MR) is 44.7 cm³/mol. The number of rotatable bonds is 2. The summed E-state index contributed by atoms with van der Waals surface area (Å²) in [5, 5.41) is 0. The molecular formula is C9H10N2. The van der Waals surface area contributed by atoms with Crippen LogP contribution in [0.1, 0.15) is 5.56 Å². The van der Waals surface area contributed by atoms with Gasteiger partial charge in [-0.3, -0.25) is 4.98 Å². The quantitative estimate of drug-likeness (QED) is 0.620. The minimum absolute atomic E-state index is 0.195. The van der Waals surface area contributed by atoms with Crippen LogP contribution < -0.4 is 5.73 Å². The molecule has 0 spiro atoms. The van der Waals surface area contributed by atoms with Crippen LogP contribution in [0, 0.1) is 12.3 Å². The minimum atomic E-state index is -0.195. The fourth-order valence-electron chi connectivity index (χ4n) is 0.832. The molecule has 0 amide bonds. The lowest BCUT2D eigenvalue weighted by molar-refractivity contribution is 0.831. The Morgan fingerprint density at radius 2 is 2.55 bits per heavy atom. The van der Waals surface area contributed by atoms with Crippen molar-refractivity contribution in [1.29, 1.82) is 0 Å². The second kappa shape index (κ2) is 3.75. The summed E-state index contributed by atoms with van der Waals surface area (Å²) < 4.78 is 0. The fraction of sp³-hybridized carbons (Fsp3) is 0.222. The Morgan fingerprint density at radius 1 is 1.73 bits per heavy atom. The molecule has 1 heterocycles. The Labute approximate surface area is 66.4 Å². The van der Waals surface area contributed by atoms with E-state index in [1.807, 2.05) is 12.1 Å². The zero-order valence-electron chi connectivity index (χ0n) is 6.20. The number of nitrogens with two attached hydrogens (primary N) is 1. The van der Waals surface area contributed by atoms with Gasteiger partial charge in [0.15, 0.2) is 0 Å². The zero-order valence-corrected chi connectivity index (χ0v) is 6.20. The molecule has 11 heavy (non-hydrogen) atoms. The minimum Gasteiger partial charge on any atom is -0.317 e. The summed E-state index contributed by atoms with van der Waals surface area (Å²) in [6.45, 7) is 0. The van der Waals surface area contributed by atoms with E-state index in [1.165, 1.54) is 0 Å². The summed E-state index contributed by atoms with van der Waals surface area (Å²) in [6, 6.07) is 3.64. The Kier molecular flexibility index (Phi) is 2.65. The highest BCUT2D eigenvalue weighted by Gasteiger charge is 1.97. The van der Waals surface area contributed by atoms with Crippen molar-refractivity contribution < 1.29 is 0 Å². The van der Waals surface area contributed by atoms with E-state index in [1.54, 1.807) is 12.4 Å². The number of terminal acetylenes is 1. The van der Waals surface area contributed by atoms with E-state index >= 15 is 0 Å². The van der Waals surface area contributed by atoms with E-state index in [-0.39, 0.29) is 6.04 Å². The maximum Gasteiger partial charge on any atom is 0.0703 e. The standard InChI is InChI=1S/C9H10N2/c1-2-9(10)6-8-4-3-5-11-7-8/h1,3-5,7,9H,6,10H2. The molecule has 56 valence electrons. The molecule has 1 atom stereocenters. The Morgan fingerprint density at radius 3 is 3.09 bits per heavy atom. The molecule has 0 radical (unpaired) electrons. The van der Waals surface area contributed by atoms with Crippen LogP contribution in [0.15, 0.2) is 24.5 Å². The van der Waals surface area contributed by atoms with Crippen LogP contribution in [0.5, 0.6) is 0 Å². The van der Waals surface area contributed by atoms with Gasteiger partial charge in [-0.1, -0.05) is 12.0 Å². The van der Waals surface area contributed by atoms with E-state index in [0.717, 1.165) is 5.56 Å². The van der Waals surface area contributed by atoms with Gasteiger partial charge in [0.25, 0.3) is 0 Å². The molecule has 0 aliphatic heterocycles. The maximum absolute atomic E-state index is 5.54. The molecule has 2 N–H and O–H groups in total. The first-order valence-electron chi connectivity index (χ1n) is 3.43. The van der Waals surface area contributed by atoms with Gasteiger partial charge in [-0.05, 0) is 11.6 Å². The third-order valence-electron chi connectivity index (χ3n) is 1.39. The SMILES string of the molecule is C#CC(N)Cc1cccnc1. The van der Waals surface area contributed by atoms with Gasteiger partial charge in [0.05, 0.1) is 6.04 Å². The molecule has 0 aliphatic rings. The number of nitrogens with zero attached hydrogens (tertiary/aromatic N) is 1. The third kappa shape index (κ3) is 2.40. The van der Waals surface area contributed by atoms with Crippen molar-refractivity contribution >= 4 is 0 Å². The molecule has 0 bridgehead atoms. The van der Waals surface area contributed by atoms with Crippen LogP contribution in [0.2, 0.25) is 0 Å². The van der Waals surface area contributed by atoms with Gasteiger partial charge < -0.3 is 5.73 Å². The number of pyridine rings is 1. The number of hydrogen-bond donors (Lipinski definition) is 1. The van der Waals surface area contributed by atoms with Crippen molar-refractivity contribution in [3.8, 4) is 12.3 Å². The molecule has 2 heteroatoms. The summed E-state index contributed by atoms with van der Waals surface area (Å²) in [7, 11) is 0. The molecule has 2 nitrogen and oxygen atoms in total.